The Morgan fingerprint density at radius 1 is 0.689 bits per heavy atom. The van der Waals surface area contributed by atoms with E-state index < -0.39 is 58.8 Å². The highest BCUT2D eigenvalue weighted by atomic mass is 32.1. The second kappa shape index (κ2) is 23.7. The molecule has 1 fully saturated rings. The first-order chi connectivity index (χ1) is 28.6. The van der Waals surface area contributed by atoms with Gasteiger partial charge in [0, 0.05) is 18.6 Å². The van der Waals surface area contributed by atoms with Crippen LogP contribution in [0.5, 0.6) is 5.88 Å². The lowest BCUT2D eigenvalue weighted by molar-refractivity contribution is -0.184. The van der Waals surface area contributed by atoms with Crippen molar-refractivity contribution in [2.75, 3.05) is 51.0 Å². The maximum absolute atomic E-state index is 14.6. The topological polar surface area (TPSA) is 173 Å². The molecule has 1 saturated heterocycles. The Bertz CT molecular complexity index is 1570. The van der Waals surface area contributed by atoms with Crippen LogP contribution in [0.15, 0.2) is 0 Å². The Balaban J connectivity index is 2.55. The highest BCUT2D eigenvalue weighted by Gasteiger charge is 2.47. The van der Waals surface area contributed by atoms with E-state index in [1.54, 1.807) is 18.7 Å². The monoisotopic (exact) mass is 883 g/mol. The van der Waals surface area contributed by atoms with Crippen molar-refractivity contribution in [3.05, 3.63) is 0 Å². The third-order valence-electron chi connectivity index (χ3n) is 12.8. The number of anilines is 1. The van der Waals surface area contributed by atoms with Crippen molar-refractivity contribution in [3.8, 4) is 5.88 Å². The molecule has 15 nitrogen and oxygen atoms in total. The number of rotatable bonds is 29. The lowest BCUT2D eigenvalue weighted by Crippen LogP contribution is -2.57. The van der Waals surface area contributed by atoms with E-state index in [0.717, 1.165) is 11.7 Å². The number of carbonyl (C=O) groups excluding carboxylic acids is 5. The zero-order chi connectivity index (χ0) is 46.4. The second-order valence-electron chi connectivity index (χ2n) is 17.2. The SMILES string of the molecule is CCC(CC)(OC(C)C(=O)C(CC)(CC)OCC(=O)N(C[C@@H](COc1nsnc1N1CCOCC1)OC(CC)(CC)C(=O)C(C)OC(CC)(CC)C(C)=O)C(C)(C)C)C(C)=O. The maximum Gasteiger partial charge on any atom is 0.270 e. The minimum absolute atomic E-state index is 0.0193. The quantitative estimate of drug-likeness (QED) is 0.0794. The van der Waals surface area contributed by atoms with Gasteiger partial charge in [-0.25, -0.2) is 0 Å². The molecule has 0 N–H and O–H groups in total. The van der Waals surface area contributed by atoms with E-state index in [9.17, 15) is 24.0 Å². The molecule has 350 valence electrons. The fourth-order valence-electron chi connectivity index (χ4n) is 8.30. The van der Waals surface area contributed by atoms with Crippen LogP contribution in [0.2, 0.25) is 0 Å². The lowest BCUT2D eigenvalue weighted by Gasteiger charge is -2.42. The van der Waals surface area contributed by atoms with Gasteiger partial charge in [0.2, 0.25) is 11.7 Å². The summed E-state index contributed by atoms with van der Waals surface area (Å²) in [6, 6.07) is 0. The molecular weight excluding hydrogens is 805 g/mol. The molecule has 16 heteroatoms. The number of nitrogens with zero attached hydrogens (tertiary/aromatic N) is 4. The zero-order valence-electron chi connectivity index (χ0n) is 40.0. The number of amides is 1. The Morgan fingerprint density at radius 2 is 1.13 bits per heavy atom. The summed E-state index contributed by atoms with van der Waals surface area (Å²) in [6.07, 6.45) is -0.0949. The first kappa shape index (κ1) is 54.2. The molecule has 0 aromatic carbocycles. The van der Waals surface area contributed by atoms with Gasteiger partial charge in [0.15, 0.2) is 23.1 Å². The van der Waals surface area contributed by atoms with Crippen molar-refractivity contribution >= 4 is 46.6 Å². The summed E-state index contributed by atoms with van der Waals surface area (Å²) < 4.78 is 46.7. The van der Waals surface area contributed by atoms with Gasteiger partial charge in [0.1, 0.15) is 53.9 Å². The second-order valence-corrected chi connectivity index (χ2v) is 17.7. The summed E-state index contributed by atoms with van der Waals surface area (Å²) in [5, 5.41) is 0. The van der Waals surface area contributed by atoms with E-state index in [-0.39, 0.29) is 62.0 Å². The molecule has 1 amide bonds. The smallest absolute Gasteiger partial charge is 0.270 e. The van der Waals surface area contributed by atoms with Gasteiger partial charge >= 0.3 is 0 Å². The van der Waals surface area contributed by atoms with E-state index in [2.05, 4.69) is 8.75 Å². The fourth-order valence-corrected chi connectivity index (χ4v) is 8.82. The average molecular weight is 883 g/mol. The van der Waals surface area contributed by atoms with Gasteiger partial charge in [-0.1, -0.05) is 55.4 Å². The number of Topliss-reactive ketones (excluding diaryl/α,β-unsaturated/α-hetero) is 4. The number of hydrogen-bond acceptors (Lipinski definition) is 15. The van der Waals surface area contributed by atoms with Crippen LogP contribution in [0.1, 0.15) is 155 Å². The molecule has 2 heterocycles. The van der Waals surface area contributed by atoms with Gasteiger partial charge in [-0.15, -0.1) is 4.37 Å². The number of hydrogen-bond donors (Lipinski definition) is 0. The van der Waals surface area contributed by atoms with Gasteiger partial charge in [-0.2, -0.15) is 4.37 Å². The molecule has 0 radical (unpaired) electrons. The standard InChI is InChI=1S/C45H78N4O11S/c1-16-42(17-2,33(11)50)58-31(9)37(53)44(20-5,21-6)57-30-36(52)49(41(13,14)15)28-35(29-56-40-39(46-61-47-40)48-24-26-55-27-25-48)60-45(22-7,23-8)38(54)32(10)59-43(18-3,19-4)34(12)51/h31-32,35H,16-30H2,1-15H3/t31?,32?,35-/m0/s1. The van der Waals surface area contributed by atoms with Crippen molar-refractivity contribution < 1.29 is 52.4 Å². The minimum atomic E-state index is -1.37. The predicted molar refractivity (Wildman–Crippen MR) is 236 cm³/mol. The van der Waals surface area contributed by atoms with Crippen LogP contribution in [0.4, 0.5) is 5.82 Å². The van der Waals surface area contributed by atoms with Gasteiger partial charge in [0.25, 0.3) is 5.88 Å². The largest absolute Gasteiger partial charge is 0.472 e. The molecule has 61 heavy (non-hydrogen) atoms. The highest BCUT2D eigenvalue weighted by Crippen LogP contribution is 2.34. The Hall–Kier alpha value is -2.89. The minimum Gasteiger partial charge on any atom is -0.472 e. The molecule has 2 rings (SSSR count). The fraction of sp³-hybridized carbons (Fsp3) is 0.844. The molecule has 1 aliphatic rings. The van der Waals surface area contributed by atoms with E-state index >= 15 is 0 Å². The van der Waals surface area contributed by atoms with Crippen molar-refractivity contribution in [2.24, 2.45) is 0 Å². The number of aromatic nitrogens is 2. The van der Waals surface area contributed by atoms with E-state index in [4.69, 9.17) is 28.4 Å². The Kier molecular flexibility index (Phi) is 21.1. The molecule has 1 aromatic heterocycles. The van der Waals surface area contributed by atoms with Crippen LogP contribution in [0.3, 0.4) is 0 Å². The van der Waals surface area contributed by atoms with Gasteiger partial charge in [-0.05, 0) is 99.8 Å². The van der Waals surface area contributed by atoms with Crippen LogP contribution in [0.25, 0.3) is 0 Å². The highest BCUT2D eigenvalue weighted by molar-refractivity contribution is 6.99. The van der Waals surface area contributed by atoms with Crippen molar-refractivity contribution in [3.63, 3.8) is 0 Å². The van der Waals surface area contributed by atoms with E-state index in [1.807, 2.05) is 81.1 Å². The Morgan fingerprint density at radius 3 is 1.54 bits per heavy atom. The van der Waals surface area contributed by atoms with Gasteiger partial charge in [0.05, 0.1) is 31.5 Å². The summed E-state index contributed by atoms with van der Waals surface area (Å²) >= 11 is 1.02. The van der Waals surface area contributed by atoms with Crippen LogP contribution >= 0.6 is 11.7 Å². The first-order valence-corrected chi connectivity index (χ1v) is 23.2. The normalized spacial score (nSPS) is 15.9. The molecular formula is C45H78N4O11S. The summed E-state index contributed by atoms with van der Waals surface area (Å²) in [5.74, 6) is -0.478. The molecule has 0 saturated carbocycles. The van der Waals surface area contributed by atoms with Crippen LogP contribution < -0.4 is 9.64 Å². The Labute approximate surface area is 369 Å². The third kappa shape index (κ3) is 13.1. The summed E-state index contributed by atoms with van der Waals surface area (Å²) in [4.78, 5) is 72.3. The molecule has 0 aliphatic carbocycles. The summed E-state index contributed by atoms with van der Waals surface area (Å²) in [5.41, 5.74) is -5.73. The number of morpholine rings is 1. The van der Waals surface area contributed by atoms with Crippen molar-refractivity contribution in [1.29, 1.82) is 0 Å². The summed E-state index contributed by atoms with van der Waals surface area (Å²) in [7, 11) is 0. The molecule has 0 bridgehead atoms. The molecule has 1 aliphatic heterocycles. The van der Waals surface area contributed by atoms with Crippen molar-refractivity contribution in [2.45, 2.75) is 201 Å². The molecule has 0 spiro atoms. The number of ether oxygens (including phenoxy) is 6. The zero-order valence-corrected chi connectivity index (χ0v) is 40.8. The van der Waals surface area contributed by atoms with E-state index in [0.29, 0.717) is 63.7 Å². The average Bonchev–Trinajstić information content (AvgIpc) is 3.73. The van der Waals surface area contributed by atoms with Crippen molar-refractivity contribution in [1.82, 2.24) is 13.6 Å². The maximum atomic E-state index is 14.6. The molecule has 1 aromatic rings. The lowest BCUT2D eigenvalue weighted by atomic mass is 9.87. The number of ketones is 4. The van der Waals surface area contributed by atoms with Crippen LogP contribution in [-0.4, -0.2) is 135 Å². The molecule has 2 unspecified atom stereocenters. The first-order valence-electron chi connectivity index (χ1n) is 22.5. The van der Waals surface area contributed by atoms with Gasteiger partial charge < -0.3 is 38.2 Å². The predicted octanol–water partition coefficient (Wildman–Crippen LogP) is 7.14. The number of carbonyl (C=O) groups is 5. The van der Waals surface area contributed by atoms with Crippen LogP contribution in [0, 0.1) is 0 Å². The third-order valence-corrected chi connectivity index (χ3v) is 13.3. The summed E-state index contributed by atoms with van der Waals surface area (Å²) in [6.45, 7) is 28.5. The molecule has 3 atom stereocenters. The van der Waals surface area contributed by atoms with Crippen LogP contribution in [-0.2, 0) is 47.7 Å². The van der Waals surface area contributed by atoms with E-state index in [1.165, 1.54) is 13.8 Å². The van der Waals surface area contributed by atoms with Gasteiger partial charge in [-0.3, -0.25) is 24.0 Å².